The van der Waals surface area contributed by atoms with E-state index in [1.54, 1.807) is 6.07 Å². The van der Waals surface area contributed by atoms with E-state index in [1.165, 1.54) is 12.1 Å². The zero-order chi connectivity index (χ0) is 15.3. The Morgan fingerprint density at radius 2 is 1.86 bits per heavy atom. The average Bonchev–Trinajstić information content (AvgIpc) is 2.46. The zero-order valence-corrected chi connectivity index (χ0v) is 11.8. The topological polar surface area (TPSA) is 32.7 Å². The molecule has 1 N–H and O–H groups in total. The summed E-state index contributed by atoms with van der Waals surface area (Å²) in [5, 5.41) is 8.71. The van der Waals surface area contributed by atoms with E-state index >= 15 is 0 Å². The van der Waals surface area contributed by atoms with Gasteiger partial charge >= 0.3 is 6.18 Å². The second-order valence-corrected chi connectivity index (χ2v) is 5.22. The maximum absolute atomic E-state index is 12.9. The molecule has 1 fully saturated rings. The first kappa shape index (κ1) is 16.3. The Kier molecular flexibility index (Phi) is 5.61. The smallest absolute Gasteiger partial charge is 0.394 e. The molecule has 0 aliphatic carbocycles. The number of aliphatic hydroxyl groups excluding tert-OH is 1. The number of hydrogen-bond donors (Lipinski definition) is 1. The van der Waals surface area contributed by atoms with Gasteiger partial charge in [0.05, 0.1) is 24.9 Å². The Bertz CT molecular complexity index is 443. The average molecular weight is 303 g/mol. The van der Waals surface area contributed by atoms with Crippen LogP contribution in [0.3, 0.4) is 0 Å². The van der Waals surface area contributed by atoms with Crippen LogP contribution in [0.15, 0.2) is 24.3 Å². The fourth-order valence-electron chi connectivity index (χ4n) is 2.63. The van der Waals surface area contributed by atoms with Gasteiger partial charge in [-0.05, 0) is 24.5 Å². The van der Waals surface area contributed by atoms with Gasteiger partial charge in [0.1, 0.15) is 0 Å². The van der Waals surface area contributed by atoms with Gasteiger partial charge in [0, 0.05) is 19.6 Å². The van der Waals surface area contributed by atoms with Crippen LogP contribution in [0.5, 0.6) is 0 Å². The van der Waals surface area contributed by atoms with Crippen LogP contribution in [0, 0.1) is 0 Å². The molecule has 0 atom stereocenters. The molecular formula is C15H20F3NO2. The lowest BCUT2D eigenvalue weighted by Gasteiger charge is -2.32. The Labute approximate surface area is 122 Å². The van der Waals surface area contributed by atoms with Gasteiger partial charge in [-0.25, -0.2) is 0 Å². The van der Waals surface area contributed by atoms with Crippen LogP contribution in [0.25, 0.3) is 0 Å². The van der Waals surface area contributed by atoms with Crippen LogP contribution in [-0.2, 0) is 17.5 Å². The van der Waals surface area contributed by atoms with Gasteiger partial charge in [0.15, 0.2) is 0 Å². The summed E-state index contributed by atoms with van der Waals surface area (Å²) in [6.45, 7) is 2.05. The van der Waals surface area contributed by atoms with E-state index in [0.29, 0.717) is 31.8 Å². The molecule has 1 aliphatic heterocycles. The number of alkyl halides is 3. The summed E-state index contributed by atoms with van der Waals surface area (Å²) in [6, 6.07) is 5.73. The number of nitrogens with zero attached hydrogens (tertiary/aromatic N) is 1. The number of benzene rings is 1. The van der Waals surface area contributed by atoms with Gasteiger partial charge in [-0.3, -0.25) is 4.90 Å². The van der Waals surface area contributed by atoms with Crippen molar-refractivity contribution in [3.05, 3.63) is 35.4 Å². The summed E-state index contributed by atoms with van der Waals surface area (Å²) < 4.78 is 44.3. The quantitative estimate of drug-likeness (QED) is 0.908. The number of likely N-dealkylation sites (tertiary alicyclic amines) is 1. The maximum atomic E-state index is 12.9. The molecular weight excluding hydrogens is 283 g/mol. The van der Waals surface area contributed by atoms with E-state index < -0.39 is 11.7 Å². The summed E-state index contributed by atoms with van der Waals surface area (Å²) in [6.07, 6.45) is -2.63. The Morgan fingerprint density at radius 1 is 1.19 bits per heavy atom. The van der Waals surface area contributed by atoms with Gasteiger partial charge in [0.2, 0.25) is 0 Å². The summed E-state index contributed by atoms with van der Waals surface area (Å²) in [7, 11) is 0. The number of ether oxygens (including phenoxy) is 1. The lowest BCUT2D eigenvalue weighted by molar-refractivity contribution is -0.138. The van der Waals surface area contributed by atoms with Gasteiger partial charge in [-0.15, -0.1) is 0 Å². The monoisotopic (exact) mass is 303 g/mol. The van der Waals surface area contributed by atoms with Crippen molar-refractivity contribution in [2.45, 2.75) is 31.7 Å². The highest BCUT2D eigenvalue weighted by molar-refractivity contribution is 5.29. The third-order valence-electron chi connectivity index (χ3n) is 3.70. The molecule has 1 heterocycles. The zero-order valence-electron chi connectivity index (χ0n) is 11.8. The summed E-state index contributed by atoms with van der Waals surface area (Å²) in [5.41, 5.74) is -0.233. The van der Waals surface area contributed by atoms with Crippen molar-refractivity contribution in [2.75, 3.05) is 26.3 Å². The standard InChI is InChI=1S/C15H20F3NO2/c16-15(17,18)14-4-2-1-3-12(14)11-19-7-5-13(6-8-19)21-10-9-20/h1-4,13,20H,5-11H2. The Hall–Kier alpha value is -1.11. The van der Waals surface area contributed by atoms with Gasteiger partial charge in [-0.2, -0.15) is 13.2 Å². The van der Waals surface area contributed by atoms with Crippen molar-refractivity contribution in [3.8, 4) is 0 Å². The Balaban J connectivity index is 1.92. The predicted octanol–water partition coefficient (Wildman–Crippen LogP) is 2.68. The van der Waals surface area contributed by atoms with Crippen molar-refractivity contribution in [2.24, 2.45) is 0 Å². The number of aliphatic hydroxyl groups is 1. The van der Waals surface area contributed by atoms with Gasteiger partial charge < -0.3 is 9.84 Å². The third-order valence-corrected chi connectivity index (χ3v) is 3.70. The van der Waals surface area contributed by atoms with Crippen LogP contribution in [0.2, 0.25) is 0 Å². The lowest BCUT2D eigenvalue weighted by atomic mass is 10.0. The molecule has 0 unspecified atom stereocenters. The molecule has 0 bridgehead atoms. The highest BCUT2D eigenvalue weighted by Gasteiger charge is 2.33. The molecule has 1 aliphatic rings. The van der Waals surface area contributed by atoms with Crippen LogP contribution in [0.1, 0.15) is 24.0 Å². The van der Waals surface area contributed by atoms with Crippen LogP contribution < -0.4 is 0 Å². The second-order valence-electron chi connectivity index (χ2n) is 5.22. The predicted molar refractivity (Wildman–Crippen MR) is 72.8 cm³/mol. The fraction of sp³-hybridized carbons (Fsp3) is 0.600. The molecule has 1 aromatic rings. The summed E-state index contributed by atoms with van der Waals surface area (Å²) in [5.74, 6) is 0. The Morgan fingerprint density at radius 3 is 2.48 bits per heavy atom. The minimum atomic E-state index is -4.31. The molecule has 0 radical (unpaired) electrons. The number of hydrogen-bond acceptors (Lipinski definition) is 3. The van der Waals surface area contributed by atoms with Crippen molar-refractivity contribution < 1.29 is 23.0 Å². The maximum Gasteiger partial charge on any atom is 0.416 e. The van der Waals surface area contributed by atoms with Crippen LogP contribution >= 0.6 is 0 Å². The second kappa shape index (κ2) is 7.24. The number of rotatable bonds is 5. The molecule has 0 amide bonds. The third kappa shape index (κ3) is 4.69. The minimum Gasteiger partial charge on any atom is -0.394 e. The molecule has 6 heteroatoms. The first-order valence-corrected chi connectivity index (χ1v) is 7.10. The molecule has 0 aromatic heterocycles. The summed E-state index contributed by atoms with van der Waals surface area (Å²) >= 11 is 0. The minimum absolute atomic E-state index is 0.000821. The lowest BCUT2D eigenvalue weighted by Crippen LogP contribution is -2.37. The van der Waals surface area contributed by atoms with Crippen molar-refractivity contribution >= 4 is 0 Å². The molecule has 0 spiro atoms. The normalized spacial score (nSPS) is 18.1. The van der Waals surface area contributed by atoms with Crippen LogP contribution in [-0.4, -0.2) is 42.4 Å². The summed E-state index contributed by atoms with van der Waals surface area (Å²) in [4.78, 5) is 2.02. The van der Waals surface area contributed by atoms with E-state index in [4.69, 9.17) is 9.84 Å². The number of halogens is 3. The fourth-order valence-corrected chi connectivity index (χ4v) is 2.63. The molecule has 21 heavy (non-hydrogen) atoms. The van der Waals surface area contributed by atoms with E-state index in [9.17, 15) is 13.2 Å². The van der Waals surface area contributed by atoms with E-state index in [1.807, 2.05) is 4.90 Å². The first-order chi connectivity index (χ1) is 10.0. The molecule has 1 saturated heterocycles. The van der Waals surface area contributed by atoms with Crippen LogP contribution in [0.4, 0.5) is 13.2 Å². The van der Waals surface area contributed by atoms with E-state index in [2.05, 4.69) is 0 Å². The van der Waals surface area contributed by atoms with E-state index in [-0.39, 0.29) is 12.7 Å². The molecule has 118 valence electrons. The largest absolute Gasteiger partial charge is 0.416 e. The van der Waals surface area contributed by atoms with Gasteiger partial charge in [-0.1, -0.05) is 18.2 Å². The molecule has 3 nitrogen and oxygen atoms in total. The highest BCUT2D eigenvalue weighted by atomic mass is 19.4. The van der Waals surface area contributed by atoms with E-state index in [0.717, 1.165) is 18.9 Å². The molecule has 2 rings (SSSR count). The molecule has 1 aromatic carbocycles. The van der Waals surface area contributed by atoms with Crippen molar-refractivity contribution in [1.82, 2.24) is 4.90 Å². The number of piperidine rings is 1. The SMILES string of the molecule is OCCOC1CCN(Cc2ccccc2C(F)(F)F)CC1. The van der Waals surface area contributed by atoms with Gasteiger partial charge in [0.25, 0.3) is 0 Å². The van der Waals surface area contributed by atoms with Crippen molar-refractivity contribution in [1.29, 1.82) is 0 Å². The highest BCUT2D eigenvalue weighted by Crippen LogP contribution is 2.32. The molecule has 0 saturated carbocycles. The first-order valence-electron chi connectivity index (χ1n) is 7.10. The van der Waals surface area contributed by atoms with Crippen molar-refractivity contribution in [3.63, 3.8) is 0 Å².